The van der Waals surface area contributed by atoms with Crippen LogP contribution in [0.2, 0.25) is 0 Å². The SMILES string of the molecule is CCC1CN(Cc2cc(Br)ccc2F)C(C(C)(C)C)CN1. The molecule has 2 nitrogen and oxygen atoms in total. The number of hydrogen-bond acceptors (Lipinski definition) is 2. The first-order valence-corrected chi connectivity index (χ1v) is 8.52. The van der Waals surface area contributed by atoms with Crippen LogP contribution in [0.4, 0.5) is 4.39 Å². The molecule has 0 bridgehead atoms. The van der Waals surface area contributed by atoms with Crippen LogP contribution in [0.1, 0.15) is 39.7 Å². The second-order valence-corrected chi connectivity index (χ2v) is 7.98. The first-order chi connectivity index (χ1) is 9.81. The standard InChI is InChI=1S/C17H26BrFN2/c1-5-14-11-21(16(9-20-14)17(2,3)4)10-12-8-13(18)6-7-15(12)19/h6-8,14,16,20H,5,9-11H2,1-4H3. The minimum Gasteiger partial charge on any atom is -0.311 e. The number of halogens is 2. The highest BCUT2D eigenvalue weighted by Crippen LogP contribution is 2.29. The van der Waals surface area contributed by atoms with Crippen LogP contribution in [0, 0.1) is 11.2 Å². The summed E-state index contributed by atoms with van der Waals surface area (Å²) in [6.45, 7) is 11.6. The first-order valence-electron chi connectivity index (χ1n) is 7.72. The van der Waals surface area contributed by atoms with Crippen LogP contribution in [-0.4, -0.2) is 30.1 Å². The summed E-state index contributed by atoms with van der Waals surface area (Å²) < 4.78 is 15.0. The molecule has 1 N–H and O–H groups in total. The fourth-order valence-electron chi connectivity index (χ4n) is 3.07. The maximum atomic E-state index is 14.1. The van der Waals surface area contributed by atoms with Gasteiger partial charge in [0, 0.05) is 41.8 Å². The van der Waals surface area contributed by atoms with Crippen LogP contribution in [0.15, 0.2) is 22.7 Å². The monoisotopic (exact) mass is 356 g/mol. The average Bonchev–Trinajstić information content (AvgIpc) is 2.41. The average molecular weight is 357 g/mol. The highest BCUT2D eigenvalue weighted by molar-refractivity contribution is 9.10. The van der Waals surface area contributed by atoms with E-state index in [1.165, 1.54) is 0 Å². The Morgan fingerprint density at radius 3 is 2.71 bits per heavy atom. The summed E-state index contributed by atoms with van der Waals surface area (Å²) >= 11 is 3.44. The molecule has 0 spiro atoms. The zero-order valence-electron chi connectivity index (χ0n) is 13.4. The molecule has 1 aliphatic heterocycles. The number of nitrogens with one attached hydrogen (secondary N) is 1. The number of rotatable bonds is 3. The highest BCUT2D eigenvalue weighted by Gasteiger charge is 2.35. The van der Waals surface area contributed by atoms with E-state index in [1.807, 2.05) is 6.07 Å². The number of benzene rings is 1. The highest BCUT2D eigenvalue weighted by atomic mass is 79.9. The lowest BCUT2D eigenvalue weighted by Gasteiger charge is -2.46. The van der Waals surface area contributed by atoms with Gasteiger partial charge in [0.15, 0.2) is 0 Å². The van der Waals surface area contributed by atoms with E-state index in [-0.39, 0.29) is 11.2 Å². The minimum atomic E-state index is -0.113. The van der Waals surface area contributed by atoms with Crippen molar-refractivity contribution in [2.45, 2.75) is 52.7 Å². The molecule has 0 aliphatic carbocycles. The fourth-order valence-corrected chi connectivity index (χ4v) is 3.48. The molecule has 4 heteroatoms. The van der Waals surface area contributed by atoms with Gasteiger partial charge in [-0.3, -0.25) is 4.90 Å². The van der Waals surface area contributed by atoms with Gasteiger partial charge in [-0.2, -0.15) is 0 Å². The zero-order chi connectivity index (χ0) is 15.6. The molecule has 2 rings (SSSR count). The third-order valence-electron chi connectivity index (χ3n) is 4.37. The van der Waals surface area contributed by atoms with E-state index in [4.69, 9.17) is 0 Å². The van der Waals surface area contributed by atoms with Gasteiger partial charge >= 0.3 is 0 Å². The molecule has 1 saturated heterocycles. The Hall–Kier alpha value is -0.450. The third kappa shape index (κ3) is 4.27. The Kier molecular flexibility index (Phi) is 5.44. The van der Waals surface area contributed by atoms with Gasteiger partial charge < -0.3 is 5.32 Å². The summed E-state index contributed by atoms with van der Waals surface area (Å²) in [6.07, 6.45) is 1.11. The Labute approximate surface area is 136 Å². The van der Waals surface area contributed by atoms with E-state index in [0.29, 0.717) is 18.6 Å². The van der Waals surface area contributed by atoms with Gasteiger partial charge in [0.25, 0.3) is 0 Å². The molecule has 0 amide bonds. The summed E-state index contributed by atoms with van der Waals surface area (Å²) in [5, 5.41) is 3.62. The zero-order valence-corrected chi connectivity index (χ0v) is 15.0. The lowest BCUT2D eigenvalue weighted by Crippen LogP contribution is -2.60. The summed E-state index contributed by atoms with van der Waals surface area (Å²) in [5.74, 6) is -0.113. The van der Waals surface area contributed by atoms with Crippen molar-refractivity contribution in [2.75, 3.05) is 13.1 Å². The van der Waals surface area contributed by atoms with Crippen molar-refractivity contribution in [3.63, 3.8) is 0 Å². The van der Waals surface area contributed by atoms with Gasteiger partial charge in [-0.15, -0.1) is 0 Å². The van der Waals surface area contributed by atoms with Gasteiger partial charge in [-0.05, 0) is 30.0 Å². The maximum Gasteiger partial charge on any atom is 0.127 e. The molecular formula is C17H26BrFN2. The Morgan fingerprint density at radius 2 is 2.10 bits per heavy atom. The molecular weight excluding hydrogens is 331 g/mol. The van der Waals surface area contributed by atoms with E-state index >= 15 is 0 Å². The van der Waals surface area contributed by atoms with E-state index in [1.54, 1.807) is 12.1 Å². The molecule has 1 fully saturated rings. The molecule has 1 aliphatic rings. The maximum absolute atomic E-state index is 14.1. The van der Waals surface area contributed by atoms with E-state index < -0.39 is 0 Å². The normalized spacial score (nSPS) is 24.3. The van der Waals surface area contributed by atoms with Crippen LogP contribution in [0.3, 0.4) is 0 Å². The minimum absolute atomic E-state index is 0.113. The van der Waals surface area contributed by atoms with Crippen molar-refractivity contribution in [3.05, 3.63) is 34.1 Å². The van der Waals surface area contributed by atoms with Gasteiger partial charge in [-0.1, -0.05) is 43.6 Å². The van der Waals surface area contributed by atoms with Crippen molar-refractivity contribution >= 4 is 15.9 Å². The summed E-state index contributed by atoms with van der Waals surface area (Å²) in [5.41, 5.74) is 0.948. The Bertz CT molecular complexity index is 484. The first kappa shape index (κ1) is 16.9. The molecule has 118 valence electrons. The van der Waals surface area contributed by atoms with Crippen molar-refractivity contribution < 1.29 is 4.39 Å². The van der Waals surface area contributed by atoms with Crippen molar-refractivity contribution in [1.29, 1.82) is 0 Å². The van der Waals surface area contributed by atoms with E-state index in [2.05, 4.69) is 53.8 Å². The predicted molar refractivity (Wildman–Crippen MR) is 89.8 cm³/mol. The number of hydrogen-bond donors (Lipinski definition) is 1. The summed E-state index contributed by atoms with van der Waals surface area (Å²) in [7, 11) is 0. The quantitative estimate of drug-likeness (QED) is 0.873. The molecule has 2 atom stereocenters. The lowest BCUT2D eigenvalue weighted by atomic mass is 9.83. The lowest BCUT2D eigenvalue weighted by molar-refractivity contribution is 0.0477. The number of nitrogens with zero attached hydrogens (tertiary/aromatic N) is 1. The third-order valence-corrected chi connectivity index (χ3v) is 4.86. The second kappa shape index (κ2) is 6.76. The fraction of sp³-hybridized carbons (Fsp3) is 0.647. The van der Waals surface area contributed by atoms with Gasteiger partial charge in [0.2, 0.25) is 0 Å². The molecule has 0 saturated carbocycles. The van der Waals surface area contributed by atoms with Gasteiger partial charge in [0.05, 0.1) is 0 Å². The Balaban J connectivity index is 2.21. The predicted octanol–water partition coefficient (Wildman–Crippen LogP) is 4.19. The van der Waals surface area contributed by atoms with Crippen LogP contribution < -0.4 is 5.32 Å². The summed E-state index contributed by atoms with van der Waals surface area (Å²) in [6, 6.07) is 6.12. The topological polar surface area (TPSA) is 15.3 Å². The van der Waals surface area contributed by atoms with Crippen LogP contribution >= 0.6 is 15.9 Å². The van der Waals surface area contributed by atoms with Crippen LogP contribution in [0.5, 0.6) is 0 Å². The summed E-state index contributed by atoms with van der Waals surface area (Å²) in [4.78, 5) is 2.44. The molecule has 1 heterocycles. The molecule has 1 aromatic rings. The van der Waals surface area contributed by atoms with Gasteiger partial charge in [-0.25, -0.2) is 4.39 Å². The van der Waals surface area contributed by atoms with E-state index in [9.17, 15) is 4.39 Å². The molecule has 2 unspecified atom stereocenters. The van der Waals surface area contributed by atoms with Crippen molar-refractivity contribution in [3.8, 4) is 0 Å². The number of piperazine rings is 1. The molecule has 0 radical (unpaired) electrons. The van der Waals surface area contributed by atoms with Gasteiger partial charge in [0.1, 0.15) is 5.82 Å². The van der Waals surface area contributed by atoms with Crippen LogP contribution in [-0.2, 0) is 6.54 Å². The Morgan fingerprint density at radius 1 is 1.38 bits per heavy atom. The van der Waals surface area contributed by atoms with Crippen LogP contribution in [0.25, 0.3) is 0 Å². The second-order valence-electron chi connectivity index (χ2n) is 7.06. The molecule has 1 aromatic carbocycles. The van der Waals surface area contributed by atoms with Crippen molar-refractivity contribution in [1.82, 2.24) is 10.2 Å². The largest absolute Gasteiger partial charge is 0.311 e. The molecule has 21 heavy (non-hydrogen) atoms. The smallest absolute Gasteiger partial charge is 0.127 e. The van der Waals surface area contributed by atoms with Crippen molar-refractivity contribution in [2.24, 2.45) is 5.41 Å². The van der Waals surface area contributed by atoms with E-state index in [0.717, 1.165) is 29.5 Å². The molecule has 0 aromatic heterocycles.